The highest BCUT2D eigenvalue weighted by Crippen LogP contribution is 2.23. The van der Waals surface area contributed by atoms with Gasteiger partial charge in [0, 0.05) is 32.4 Å². The minimum absolute atomic E-state index is 0.253. The van der Waals surface area contributed by atoms with Crippen LogP contribution in [-0.4, -0.2) is 58.0 Å². The third-order valence-electron chi connectivity index (χ3n) is 3.53. The number of piperazine rings is 1. The van der Waals surface area contributed by atoms with Crippen molar-refractivity contribution < 1.29 is 9.53 Å². The zero-order valence-corrected chi connectivity index (χ0v) is 13.2. The maximum Gasteiger partial charge on any atom is 0.410 e. The van der Waals surface area contributed by atoms with E-state index >= 15 is 0 Å². The molecule has 118 valence electrons. The van der Waals surface area contributed by atoms with Crippen LogP contribution in [0.15, 0.2) is 18.3 Å². The number of pyridine rings is 1. The van der Waals surface area contributed by atoms with Crippen LogP contribution in [0.3, 0.4) is 0 Å². The molecule has 0 atom stereocenters. The number of hydrogen-bond donors (Lipinski definition) is 1. The predicted molar refractivity (Wildman–Crippen MR) is 83.9 cm³/mol. The summed E-state index contributed by atoms with van der Waals surface area (Å²) in [7, 11) is 0. The van der Waals surface area contributed by atoms with Gasteiger partial charge in [0.1, 0.15) is 11.1 Å². The summed E-state index contributed by atoms with van der Waals surface area (Å²) in [5.74, 6) is 0.847. The van der Waals surface area contributed by atoms with E-state index in [4.69, 9.17) is 4.74 Å². The van der Waals surface area contributed by atoms with Gasteiger partial charge in [0.15, 0.2) is 5.82 Å². The lowest BCUT2D eigenvalue weighted by Gasteiger charge is -2.35. The molecule has 1 N–H and O–H groups in total. The third-order valence-corrected chi connectivity index (χ3v) is 3.53. The SMILES string of the molecule is CC(C)(C)OC(=O)N1CCN(c2n[nH]c3cccnc23)CC1. The average Bonchev–Trinajstić information content (AvgIpc) is 2.89. The Kier molecular flexibility index (Phi) is 3.64. The van der Waals surface area contributed by atoms with Crippen molar-refractivity contribution in [3.05, 3.63) is 18.3 Å². The van der Waals surface area contributed by atoms with E-state index in [1.807, 2.05) is 32.9 Å². The fourth-order valence-corrected chi connectivity index (χ4v) is 2.49. The second-order valence-electron chi connectivity index (χ2n) is 6.40. The van der Waals surface area contributed by atoms with Crippen LogP contribution in [0.1, 0.15) is 20.8 Å². The van der Waals surface area contributed by atoms with Gasteiger partial charge in [0.2, 0.25) is 0 Å². The van der Waals surface area contributed by atoms with Crippen molar-refractivity contribution >= 4 is 22.9 Å². The molecule has 0 unspecified atom stereocenters. The Hall–Kier alpha value is -2.31. The summed E-state index contributed by atoms with van der Waals surface area (Å²) in [5.41, 5.74) is 1.33. The molecule has 2 aromatic rings. The van der Waals surface area contributed by atoms with Crippen molar-refractivity contribution in [3.63, 3.8) is 0 Å². The van der Waals surface area contributed by atoms with Gasteiger partial charge in [-0.05, 0) is 32.9 Å². The molecule has 0 radical (unpaired) electrons. The Labute approximate surface area is 129 Å². The van der Waals surface area contributed by atoms with Crippen LogP contribution in [0, 0.1) is 0 Å². The number of H-pyrrole nitrogens is 1. The van der Waals surface area contributed by atoms with Gasteiger partial charge >= 0.3 is 6.09 Å². The molecule has 0 saturated carbocycles. The summed E-state index contributed by atoms with van der Waals surface area (Å²) in [4.78, 5) is 20.3. The van der Waals surface area contributed by atoms with Gasteiger partial charge in [-0.2, -0.15) is 5.10 Å². The first kappa shape index (κ1) is 14.6. The summed E-state index contributed by atoms with van der Waals surface area (Å²) < 4.78 is 5.41. The first-order valence-corrected chi connectivity index (χ1v) is 7.46. The number of ether oxygens (including phenoxy) is 1. The minimum atomic E-state index is -0.462. The van der Waals surface area contributed by atoms with Gasteiger partial charge in [-0.3, -0.25) is 10.1 Å². The largest absolute Gasteiger partial charge is 0.444 e. The van der Waals surface area contributed by atoms with E-state index in [0.29, 0.717) is 13.1 Å². The summed E-state index contributed by atoms with van der Waals surface area (Å²) in [6.45, 7) is 8.31. The minimum Gasteiger partial charge on any atom is -0.444 e. The summed E-state index contributed by atoms with van der Waals surface area (Å²) in [6.07, 6.45) is 1.51. The number of hydrogen-bond acceptors (Lipinski definition) is 5. The zero-order chi connectivity index (χ0) is 15.7. The van der Waals surface area contributed by atoms with E-state index in [9.17, 15) is 4.79 Å². The Bertz CT molecular complexity index is 668. The maximum absolute atomic E-state index is 12.1. The van der Waals surface area contributed by atoms with Gasteiger partial charge in [-0.15, -0.1) is 0 Å². The molecule has 1 aliphatic rings. The molecule has 0 aromatic carbocycles. The average molecular weight is 303 g/mol. The molecule has 3 rings (SSSR count). The van der Waals surface area contributed by atoms with E-state index in [1.165, 1.54) is 0 Å². The van der Waals surface area contributed by atoms with Gasteiger partial charge in [0.05, 0.1) is 5.52 Å². The van der Waals surface area contributed by atoms with E-state index in [0.717, 1.165) is 29.9 Å². The van der Waals surface area contributed by atoms with Crippen LogP contribution < -0.4 is 4.90 Å². The highest BCUT2D eigenvalue weighted by molar-refractivity contribution is 5.86. The van der Waals surface area contributed by atoms with Crippen LogP contribution in [0.2, 0.25) is 0 Å². The van der Waals surface area contributed by atoms with Gasteiger partial charge in [0.25, 0.3) is 0 Å². The molecule has 1 amide bonds. The van der Waals surface area contributed by atoms with E-state index < -0.39 is 5.60 Å². The van der Waals surface area contributed by atoms with E-state index in [-0.39, 0.29) is 6.09 Å². The summed E-state index contributed by atoms with van der Waals surface area (Å²) in [5, 5.41) is 7.34. The normalized spacial score (nSPS) is 16.1. The van der Waals surface area contributed by atoms with Gasteiger partial charge < -0.3 is 14.5 Å². The zero-order valence-electron chi connectivity index (χ0n) is 13.2. The number of fused-ring (bicyclic) bond motifs is 1. The third kappa shape index (κ3) is 2.98. The monoisotopic (exact) mass is 303 g/mol. The van der Waals surface area contributed by atoms with Crippen molar-refractivity contribution in [2.45, 2.75) is 26.4 Å². The molecule has 7 heteroatoms. The fraction of sp³-hybridized carbons (Fsp3) is 0.533. The number of nitrogens with one attached hydrogen (secondary N) is 1. The van der Waals surface area contributed by atoms with Crippen molar-refractivity contribution in [2.24, 2.45) is 0 Å². The van der Waals surface area contributed by atoms with Gasteiger partial charge in [-0.25, -0.2) is 4.79 Å². The lowest BCUT2D eigenvalue weighted by Crippen LogP contribution is -2.50. The Morgan fingerprint density at radius 3 is 2.68 bits per heavy atom. The number of carbonyl (C=O) groups is 1. The van der Waals surface area contributed by atoms with E-state index in [2.05, 4.69) is 20.1 Å². The molecule has 22 heavy (non-hydrogen) atoms. The number of aromatic nitrogens is 3. The summed E-state index contributed by atoms with van der Waals surface area (Å²) >= 11 is 0. The number of aromatic amines is 1. The van der Waals surface area contributed by atoms with Crippen LogP contribution in [0.4, 0.5) is 10.6 Å². The van der Waals surface area contributed by atoms with Crippen molar-refractivity contribution in [1.82, 2.24) is 20.1 Å². The molecular weight excluding hydrogens is 282 g/mol. The molecule has 0 spiro atoms. The second kappa shape index (κ2) is 5.47. The molecule has 7 nitrogen and oxygen atoms in total. The molecule has 1 aliphatic heterocycles. The number of anilines is 1. The van der Waals surface area contributed by atoms with Crippen LogP contribution in [-0.2, 0) is 4.74 Å². The second-order valence-corrected chi connectivity index (χ2v) is 6.40. The molecule has 0 aliphatic carbocycles. The highest BCUT2D eigenvalue weighted by Gasteiger charge is 2.27. The van der Waals surface area contributed by atoms with Crippen LogP contribution in [0.5, 0.6) is 0 Å². The Morgan fingerprint density at radius 1 is 1.27 bits per heavy atom. The first-order valence-electron chi connectivity index (χ1n) is 7.46. The molecule has 1 fully saturated rings. The van der Waals surface area contributed by atoms with Crippen molar-refractivity contribution in [2.75, 3.05) is 31.1 Å². The Morgan fingerprint density at radius 2 is 2.00 bits per heavy atom. The fourth-order valence-electron chi connectivity index (χ4n) is 2.49. The molecule has 3 heterocycles. The number of nitrogens with zero attached hydrogens (tertiary/aromatic N) is 4. The Balaban J connectivity index is 1.66. The maximum atomic E-state index is 12.1. The molecule has 2 aromatic heterocycles. The number of rotatable bonds is 1. The van der Waals surface area contributed by atoms with Crippen molar-refractivity contribution in [3.8, 4) is 0 Å². The molecule has 1 saturated heterocycles. The lowest BCUT2D eigenvalue weighted by molar-refractivity contribution is 0.0240. The number of carbonyl (C=O) groups excluding carboxylic acids is 1. The van der Waals surface area contributed by atoms with Crippen molar-refractivity contribution in [1.29, 1.82) is 0 Å². The standard InChI is InChI=1S/C15H21N5O2/c1-15(2,3)22-14(21)20-9-7-19(8-10-20)13-12-11(17-18-13)5-4-6-16-12/h4-6H,7-10H2,1-3H3,(H,17,18). The quantitative estimate of drug-likeness (QED) is 0.872. The smallest absolute Gasteiger partial charge is 0.410 e. The summed E-state index contributed by atoms with van der Waals surface area (Å²) in [6, 6.07) is 3.83. The molecule has 0 bridgehead atoms. The van der Waals surface area contributed by atoms with Crippen LogP contribution in [0.25, 0.3) is 11.0 Å². The van der Waals surface area contributed by atoms with E-state index in [1.54, 1.807) is 11.1 Å². The van der Waals surface area contributed by atoms with Gasteiger partial charge in [-0.1, -0.05) is 0 Å². The predicted octanol–water partition coefficient (Wildman–Crippen LogP) is 2.01. The topological polar surface area (TPSA) is 74.3 Å². The van der Waals surface area contributed by atoms with Crippen LogP contribution >= 0.6 is 0 Å². The highest BCUT2D eigenvalue weighted by atomic mass is 16.6. The lowest BCUT2D eigenvalue weighted by atomic mass is 10.2. The first-order chi connectivity index (χ1) is 10.4. The molecular formula is C15H21N5O2. The number of amides is 1.